The molecule has 0 aliphatic heterocycles. The molecule has 0 heterocycles. The van der Waals surface area contributed by atoms with Gasteiger partial charge in [0.2, 0.25) is 0 Å². The van der Waals surface area contributed by atoms with Crippen LogP contribution in [0, 0.1) is 0 Å². The summed E-state index contributed by atoms with van der Waals surface area (Å²) >= 11 is 0. The Labute approximate surface area is 99.1 Å². The zero-order valence-electron chi connectivity index (χ0n) is 8.58. The third-order valence-electron chi connectivity index (χ3n) is 1.71. The summed E-state index contributed by atoms with van der Waals surface area (Å²) in [6.07, 6.45) is 1.20. The first kappa shape index (κ1) is 13.3. The molecule has 0 amide bonds. The minimum absolute atomic E-state index is 0.246. The van der Waals surface area contributed by atoms with E-state index in [1.165, 1.54) is 25.5 Å². The minimum Gasteiger partial charge on any atom is -0.497 e. The van der Waals surface area contributed by atoms with Gasteiger partial charge in [-0.05, 0) is 18.2 Å². The molecule has 5 nitrogen and oxygen atoms in total. The maximum Gasteiger partial charge on any atom is 0.347 e. The summed E-state index contributed by atoms with van der Waals surface area (Å²) in [5.74, 6) is 0.467. The smallest absolute Gasteiger partial charge is 0.347 e. The largest absolute Gasteiger partial charge is 0.497 e. The molecule has 0 radical (unpaired) electrons. The van der Waals surface area contributed by atoms with Crippen LogP contribution >= 0.6 is 10.7 Å². The molecule has 1 rings (SSSR count). The third-order valence-corrected chi connectivity index (χ3v) is 5.20. The fourth-order valence-electron chi connectivity index (χ4n) is 1.05. The van der Waals surface area contributed by atoms with E-state index in [4.69, 9.17) is 15.4 Å². The van der Waals surface area contributed by atoms with Crippen LogP contribution in [0.25, 0.3) is 0 Å². The predicted molar refractivity (Wildman–Crippen MR) is 62.5 cm³/mol. The van der Waals surface area contributed by atoms with Crippen molar-refractivity contribution in [2.24, 2.45) is 3.77 Å². The highest BCUT2D eigenvalue weighted by atomic mass is 35.7. The molecular formula is C8H10ClNO4S2. The summed E-state index contributed by atoms with van der Waals surface area (Å²) in [6.45, 7) is 0. The van der Waals surface area contributed by atoms with Crippen LogP contribution in [0.5, 0.6) is 5.75 Å². The summed E-state index contributed by atoms with van der Waals surface area (Å²) in [6, 6.07) is 6.19. The van der Waals surface area contributed by atoms with Crippen molar-refractivity contribution in [3.63, 3.8) is 0 Å². The maximum atomic E-state index is 12.0. The summed E-state index contributed by atoms with van der Waals surface area (Å²) in [5.41, 5.74) is 0. The molecule has 1 aromatic rings. The first-order valence-electron chi connectivity index (χ1n) is 4.07. The van der Waals surface area contributed by atoms with Crippen LogP contribution in [0.2, 0.25) is 0 Å². The number of hydrogen-bond acceptors (Lipinski definition) is 4. The van der Waals surface area contributed by atoms with Crippen molar-refractivity contribution < 1.29 is 17.4 Å². The van der Waals surface area contributed by atoms with Crippen LogP contribution in [0.3, 0.4) is 0 Å². The summed E-state index contributed by atoms with van der Waals surface area (Å²) in [7, 11) is -0.857. The molecule has 0 aromatic heterocycles. The molecule has 0 fully saturated rings. The van der Waals surface area contributed by atoms with Gasteiger partial charge in [0.25, 0.3) is 0 Å². The van der Waals surface area contributed by atoms with Gasteiger partial charge < -0.3 is 4.74 Å². The Kier molecular flexibility index (Phi) is 3.82. The Morgan fingerprint density at radius 3 is 2.44 bits per heavy atom. The van der Waals surface area contributed by atoms with Gasteiger partial charge in [0.15, 0.2) is 0 Å². The minimum atomic E-state index is -4.17. The third kappa shape index (κ3) is 3.66. The lowest BCUT2D eigenvalue weighted by Gasteiger charge is -2.05. The molecule has 8 heteroatoms. The van der Waals surface area contributed by atoms with E-state index < -0.39 is 19.0 Å². The number of halogens is 1. The Morgan fingerprint density at radius 1 is 1.31 bits per heavy atom. The lowest BCUT2D eigenvalue weighted by atomic mass is 10.3. The van der Waals surface area contributed by atoms with Gasteiger partial charge in [-0.25, -0.2) is 4.21 Å². The van der Waals surface area contributed by atoms with Crippen molar-refractivity contribution in [1.82, 2.24) is 0 Å². The number of rotatable bonds is 3. The molecule has 16 heavy (non-hydrogen) atoms. The molecule has 1 unspecified atom stereocenters. The molecule has 1 atom stereocenters. The van der Waals surface area contributed by atoms with Gasteiger partial charge in [-0.1, -0.05) is 9.83 Å². The molecule has 0 spiro atoms. The van der Waals surface area contributed by atoms with E-state index in [-0.39, 0.29) is 4.90 Å². The molecule has 0 saturated heterocycles. The lowest BCUT2D eigenvalue weighted by molar-refractivity contribution is 0.413. The van der Waals surface area contributed by atoms with Crippen molar-refractivity contribution >= 4 is 29.6 Å². The first-order valence-corrected chi connectivity index (χ1v) is 8.26. The first-order chi connectivity index (χ1) is 7.24. The van der Waals surface area contributed by atoms with E-state index in [9.17, 15) is 12.6 Å². The molecule has 90 valence electrons. The monoisotopic (exact) mass is 283 g/mol. The van der Waals surface area contributed by atoms with Crippen molar-refractivity contribution in [1.29, 1.82) is 0 Å². The van der Waals surface area contributed by atoms with E-state index in [0.717, 1.165) is 0 Å². The SMILES string of the molecule is COc1cccc(S(C)(=O)=NS(=O)(=O)Cl)c1. The molecule has 1 aromatic carbocycles. The Bertz CT molecular complexity index is 602. The van der Waals surface area contributed by atoms with Crippen molar-refractivity contribution in [2.75, 3.05) is 13.4 Å². The van der Waals surface area contributed by atoms with Gasteiger partial charge in [-0.15, -0.1) is 0 Å². The van der Waals surface area contributed by atoms with Crippen LogP contribution in [-0.4, -0.2) is 26.0 Å². The zero-order valence-corrected chi connectivity index (χ0v) is 11.0. The van der Waals surface area contributed by atoms with E-state index in [1.807, 2.05) is 0 Å². The number of nitrogens with zero attached hydrogens (tertiary/aromatic N) is 1. The van der Waals surface area contributed by atoms with Gasteiger partial charge in [0.1, 0.15) is 5.75 Å². The predicted octanol–water partition coefficient (Wildman–Crippen LogP) is 1.64. The van der Waals surface area contributed by atoms with E-state index in [2.05, 4.69) is 3.77 Å². The zero-order chi connectivity index (χ0) is 12.4. The van der Waals surface area contributed by atoms with E-state index in [0.29, 0.717) is 5.75 Å². The van der Waals surface area contributed by atoms with Gasteiger partial charge in [0.05, 0.1) is 21.7 Å². The summed E-state index contributed by atoms with van der Waals surface area (Å²) in [4.78, 5) is 0.246. The average Bonchev–Trinajstić information content (AvgIpc) is 2.14. The highest BCUT2D eigenvalue weighted by Crippen LogP contribution is 2.20. The second-order valence-electron chi connectivity index (χ2n) is 2.97. The standard InChI is InChI=1S/C8H10ClNO4S2/c1-14-7-4-3-5-8(6-7)15(2,11)10-16(9,12)13/h3-6H,1-2H3. The van der Waals surface area contributed by atoms with Gasteiger partial charge in [0, 0.05) is 16.9 Å². The van der Waals surface area contributed by atoms with Crippen molar-refractivity contribution in [3.8, 4) is 5.75 Å². The second-order valence-corrected chi connectivity index (χ2v) is 7.64. The quantitative estimate of drug-likeness (QED) is 0.791. The fraction of sp³-hybridized carbons (Fsp3) is 0.250. The molecule has 0 bridgehead atoms. The number of ether oxygens (including phenoxy) is 1. The topological polar surface area (TPSA) is 72.8 Å². The number of benzene rings is 1. The van der Waals surface area contributed by atoms with E-state index in [1.54, 1.807) is 12.1 Å². The Hall–Kier alpha value is -0.790. The second kappa shape index (κ2) is 4.60. The number of methoxy groups -OCH3 is 1. The molecule has 0 N–H and O–H groups in total. The van der Waals surface area contributed by atoms with Gasteiger partial charge in [-0.2, -0.15) is 8.42 Å². The maximum absolute atomic E-state index is 12.0. The van der Waals surface area contributed by atoms with Crippen molar-refractivity contribution in [3.05, 3.63) is 24.3 Å². The molecule has 0 aliphatic rings. The van der Waals surface area contributed by atoms with Crippen LogP contribution in [0.1, 0.15) is 0 Å². The highest BCUT2D eigenvalue weighted by Gasteiger charge is 2.12. The van der Waals surface area contributed by atoms with Gasteiger partial charge >= 0.3 is 9.24 Å². The number of hydrogen-bond donors (Lipinski definition) is 0. The Morgan fingerprint density at radius 2 is 1.94 bits per heavy atom. The van der Waals surface area contributed by atoms with E-state index >= 15 is 0 Å². The summed E-state index contributed by atoms with van der Waals surface area (Å²) < 4.78 is 41.5. The Balaban J connectivity index is 3.39. The molecule has 0 aliphatic carbocycles. The van der Waals surface area contributed by atoms with Crippen LogP contribution in [0.15, 0.2) is 32.9 Å². The van der Waals surface area contributed by atoms with Gasteiger partial charge in [-0.3, -0.25) is 0 Å². The van der Waals surface area contributed by atoms with Crippen LogP contribution in [0.4, 0.5) is 0 Å². The van der Waals surface area contributed by atoms with Crippen LogP contribution in [-0.2, 0) is 19.0 Å². The highest BCUT2D eigenvalue weighted by molar-refractivity contribution is 8.17. The molecular weight excluding hydrogens is 274 g/mol. The lowest BCUT2D eigenvalue weighted by Crippen LogP contribution is -2.00. The molecule has 0 saturated carbocycles. The normalized spacial score (nSPS) is 15.2. The summed E-state index contributed by atoms with van der Waals surface area (Å²) in [5, 5.41) is 0. The van der Waals surface area contributed by atoms with Crippen molar-refractivity contribution in [2.45, 2.75) is 4.90 Å². The average molecular weight is 284 g/mol. The fourth-order valence-corrected chi connectivity index (χ4v) is 4.39. The van der Waals surface area contributed by atoms with Crippen LogP contribution < -0.4 is 4.74 Å².